The van der Waals surface area contributed by atoms with E-state index in [0.717, 1.165) is 5.56 Å². The number of aromatic nitrogens is 1. The van der Waals surface area contributed by atoms with E-state index in [1.54, 1.807) is 39.2 Å². The molecule has 8 heteroatoms. The second-order valence-corrected chi connectivity index (χ2v) is 6.58. The highest BCUT2D eigenvalue weighted by molar-refractivity contribution is 6.32. The zero-order chi connectivity index (χ0) is 20.7. The lowest BCUT2D eigenvalue weighted by atomic mass is 9.99. The summed E-state index contributed by atoms with van der Waals surface area (Å²) in [7, 11) is 1.57. The average molecular weight is 404 g/mol. The maximum absolute atomic E-state index is 12.5. The van der Waals surface area contributed by atoms with Crippen molar-refractivity contribution in [2.75, 3.05) is 25.6 Å². The Balaban J connectivity index is 2.11. The molecule has 1 amide bonds. The van der Waals surface area contributed by atoms with Gasteiger partial charge in [0, 0.05) is 19.2 Å². The number of halogens is 1. The molecule has 1 aromatic carbocycles. The molecule has 0 aliphatic heterocycles. The quantitative estimate of drug-likeness (QED) is 0.659. The van der Waals surface area contributed by atoms with Crippen LogP contribution in [-0.2, 0) is 16.0 Å². The van der Waals surface area contributed by atoms with Crippen molar-refractivity contribution in [2.24, 2.45) is 0 Å². The molecule has 0 saturated heterocycles. The Bertz CT molecular complexity index is 963. The first-order valence-electron chi connectivity index (χ1n) is 8.71. The zero-order valence-electron chi connectivity index (χ0n) is 16.0. The van der Waals surface area contributed by atoms with Crippen LogP contribution in [0.2, 0.25) is 5.02 Å². The number of hydrogen-bond acceptors (Lipinski definition) is 5. The minimum absolute atomic E-state index is 0.0738. The Labute approximate surface area is 168 Å². The molecule has 0 unspecified atom stereocenters. The predicted molar refractivity (Wildman–Crippen MR) is 107 cm³/mol. The molecule has 2 rings (SSSR count). The maximum Gasteiger partial charge on any atom is 0.266 e. The topological polar surface area (TPSA) is 104 Å². The second kappa shape index (κ2) is 9.93. The van der Waals surface area contributed by atoms with Crippen LogP contribution in [0.5, 0.6) is 5.75 Å². The van der Waals surface area contributed by atoms with Crippen LogP contribution in [0.25, 0.3) is 0 Å². The summed E-state index contributed by atoms with van der Waals surface area (Å²) in [6, 6.07) is 7.01. The number of benzene rings is 1. The molecule has 0 radical (unpaired) electrons. The number of methoxy groups -OCH3 is 1. The third-order valence-corrected chi connectivity index (χ3v) is 4.59. The lowest BCUT2D eigenvalue weighted by Crippen LogP contribution is -2.18. The highest BCUT2D eigenvalue weighted by Gasteiger charge is 2.15. The first-order valence-corrected chi connectivity index (χ1v) is 9.09. The van der Waals surface area contributed by atoms with Crippen LogP contribution in [0.4, 0.5) is 5.69 Å². The number of rotatable bonds is 8. The number of amides is 1. The standard InChI is InChI=1S/C20H22ClN3O4/c1-12-14(13(2)23-20(26)15(12)11-22)7-8-18(25)24-17-6-4-5-16(21)19(17)28-10-9-27-3/h4-6H,7-10H2,1-3H3,(H,23,26)(H,24,25). The van der Waals surface area contributed by atoms with Gasteiger partial charge in [0.15, 0.2) is 5.75 Å². The van der Waals surface area contributed by atoms with Crippen LogP contribution < -0.4 is 15.6 Å². The molecular weight excluding hydrogens is 382 g/mol. The van der Waals surface area contributed by atoms with Gasteiger partial charge in [-0.3, -0.25) is 9.59 Å². The summed E-state index contributed by atoms with van der Waals surface area (Å²) in [5, 5.41) is 12.3. The fourth-order valence-electron chi connectivity index (χ4n) is 2.85. The van der Waals surface area contributed by atoms with Gasteiger partial charge in [-0.15, -0.1) is 0 Å². The average Bonchev–Trinajstić information content (AvgIpc) is 2.64. The number of carbonyl (C=O) groups excluding carboxylic acids is 1. The Morgan fingerprint density at radius 3 is 2.75 bits per heavy atom. The van der Waals surface area contributed by atoms with Crippen LogP contribution in [-0.4, -0.2) is 31.2 Å². The summed E-state index contributed by atoms with van der Waals surface area (Å²) < 4.78 is 10.6. The van der Waals surface area contributed by atoms with E-state index in [1.807, 2.05) is 6.07 Å². The van der Waals surface area contributed by atoms with Crippen molar-refractivity contribution in [3.63, 3.8) is 0 Å². The van der Waals surface area contributed by atoms with E-state index in [4.69, 9.17) is 26.3 Å². The number of nitrogens with one attached hydrogen (secondary N) is 2. The second-order valence-electron chi connectivity index (χ2n) is 6.18. The fraction of sp³-hybridized carbons (Fsp3) is 0.350. The normalized spacial score (nSPS) is 10.4. The van der Waals surface area contributed by atoms with E-state index in [9.17, 15) is 9.59 Å². The summed E-state index contributed by atoms with van der Waals surface area (Å²) in [5.41, 5.74) is 2.17. The van der Waals surface area contributed by atoms with Gasteiger partial charge in [-0.05, 0) is 43.5 Å². The van der Waals surface area contributed by atoms with Gasteiger partial charge in [0.25, 0.3) is 5.56 Å². The number of pyridine rings is 1. The van der Waals surface area contributed by atoms with Crippen molar-refractivity contribution in [3.05, 3.63) is 56.0 Å². The van der Waals surface area contributed by atoms with Gasteiger partial charge in [-0.1, -0.05) is 17.7 Å². The van der Waals surface area contributed by atoms with Gasteiger partial charge >= 0.3 is 0 Å². The van der Waals surface area contributed by atoms with Crippen molar-refractivity contribution in [1.82, 2.24) is 4.98 Å². The lowest BCUT2D eigenvalue weighted by Gasteiger charge is -2.14. The number of nitriles is 1. The molecule has 0 spiro atoms. The van der Waals surface area contributed by atoms with Gasteiger partial charge in [-0.2, -0.15) is 5.26 Å². The minimum Gasteiger partial charge on any atom is -0.487 e. The number of para-hydroxylation sites is 1. The smallest absolute Gasteiger partial charge is 0.266 e. The molecular formula is C20H22ClN3O4. The number of hydrogen-bond donors (Lipinski definition) is 2. The first kappa shape index (κ1) is 21.5. The molecule has 0 saturated carbocycles. The van der Waals surface area contributed by atoms with E-state index in [2.05, 4.69) is 10.3 Å². The van der Waals surface area contributed by atoms with Crippen LogP contribution in [0.3, 0.4) is 0 Å². The zero-order valence-corrected chi connectivity index (χ0v) is 16.8. The highest BCUT2D eigenvalue weighted by Crippen LogP contribution is 2.33. The van der Waals surface area contributed by atoms with Crippen molar-refractivity contribution in [3.8, 4) is 11.8 Å². The van der Waals surface area contributed by atoms with Gasteiger partial charge in [-0.25, -0.2) is 0 Å². The number of nitrogens with zero attached hydrogens (tertiary/aromatic N) is 1. The van der Waals surface area contributed by atoms with Crippen molar-refractivity contribution < 1.29 is 14.3 Å². The Morgan fingerprint density at radius 2 is 2.07 bits per heavy atom. The Hall–Kier alpha value is -2.82. The molecule has 148 valence electrons. The third kappa shape index (κ3) is 5.12. The largest absolute Gasteiger partial charge is 0.487 e. The fourth-order valence-corrected chi connectivity index (χ4v) is 3.08. The van der Waals surface area contributed by atoms with Gasteiger partial charge in [0.2, 0.25) is 5.91 Å². The van der Waals surface area contributed by atoms with Crippen LogP contribution in [0, 0.1) is 25.2 Å². The number of carbonyl (C=O) groups is 1. The number of aryl methyl sites for hydroxylation is 1. The number of anilines is 1. The molecule has 2 aromatic rings. The van der Waals surface area contributed by atoms with Crippen LogP contribution >= 0.6 is 11.6 Å². The van der Waals surface area contributed by atoms with Gasteiger partial charge < -0.3 is 19.8 Å². The maximum atomic E-state index is 12.5. The Kier molecular flexibility index (Phi) is 7.61. The summed E-state index contributed by atoms with van der Waals surface area (Å²) in [4.78, 5) is 26.9. The summed E-state index contributed by atoms with van der Waals surface area (Å²) in [6.07, 6.45) is 0.554. The molecule has 1 heterocycles. The SMILES string of the molecule is COCCOc1c(Cl)cccc1NC(=O)CCc1c(C)[nH]c(=O)c(C#N)c1C. The Morgan fingerprint density at radius 1 is 1.32 bits per heavy atom. The number of ether oxygens (including phenoxy) is 2. The third-order valence-electron chi connectivity index (χ3n) is 4.30. The van der Waals surface area contributed by atoms with Crippen LogP contribution in [0.1, 0.15) is 28.8 Å². The summed E-state index contributed by atoms with van der Waals surface area (Å²) in [6.45, 7) is 4.16. The lowest BCUT2D eigenvalue weighted by molar-refractivity contribution is -0.116. The summed E-state index contributed by atoms with van der Waals surface area (Å²) in [5.74, 6) is 0.153. The number of H-pyrrole nitrogens is 1. The summed E-state index contributed by atoms with van der Waals surface area (Å²) >= 11 is 6.17. The molecule has 0 aliphatic carbocycles. The molecule has 0 aliphatic rings. The number of aromatic amines is 1. The van der Waals surface area contributed by atoms with Crippen molar-refractivity contribution in [2.45, 2.75) is 26.7 Å². The molecule has 0 bridgehead atoms. The molecule has 1 aromatic heterocycles. The molecule has 28 heavy (non-hydrogen) atoms. The van der Waals surface area contributed by atoms with Crippen LogP contribution in [0.15, 0.2) is 23.0 Å². The monoisotopic (exact) mass is 403 g/mol. The predicted octanol–water partition coefficient (Wildman–Crippen LogP) is 3.11. The van der Waals surface area contributed by atoms with E-state index < -0.39 is 5.56 Å². The highest BCUT2D eigenvalue weighted by atomic mass is 35.5. The molecule has 7 nitrogen and oxygen atoms in total. The molecule has 2 N–H and O–H groups in total. The first-order chi connectivity index (χ1) is 13.4. The minimum atomic E-state index is -0.414. The molecule has 0 atom stereocenters. The van der Waals surface area contributed by atoms with Gasteiger partial charge in [0.1, 0.15) is 18.2 Å². The van der Waals surface area contributed by atoms with Crippen molar-refractivity contribution in [1.29, 1.82) is 5.26 Å². The van der Waals surface area contributed by atoms with Gasteiger partial charge in [0.05, 0.1) is 17.3 Å². The van der Waals surface area contributed by atoms with E-state index in [1.165, 1.54) is 0 Å². The molecule has 0 fully saturated rings. The van der Waals surface area contributed by atoms with E-state index in [-0.39, 0.29) is 17.9 Å². The van der Waals surface area contributed by atoms with E-state index >= 15 is 0 Å². The van der Waals surface area contributed by atoms with E-state index in [0.29, 0.717) is 47.4 Å². The van der Waals surface area contributed by atoms with Crippen molar-refractivity contribution >= 4 is 23.2 Å².